The van der Waals surface area contributed by atoms with Crippen molar-refractivity contribution >= 4 is 22.7 Å². The number of carbonyl (C=O) groups excluding carboxylic acids is 2. The lowest BCUT2D eigenvalue weighted by molar-refractivity contribution is 0.0954. The van der Waals surface area contributed by atoms with Gasteiger partial charge in [-0.15, -0.1) is 0 Å². The molecule has 0 aliphatic rings. The maximum absolute atomic E-state index is 13.3. The molecule has 0 saturated carbocycles. The van der Waals surface area contributed by atoms with Crippen LogP contribution in [-0.2, 0) is 6.61 Å². The van der Waals surface area contributed by atoms with Gasteiger partial charge in [-0.25, -0.2) is 5.84 Å². The minimum absolute atomic E-state index is 0.227. The number of nitrogen functional groups attached to an aromatic ring is 1. The summed E-state index contributed by atoms with van der Waals surface area (Å²) < 4.78 is 7.33. The molecule has 3 N–H and O–H groups in total. The summed E-state index contributed by atoms with van der Waals surface area (Å²) >= 11 is 0. The second-order valence-corrected chi connectivity index (χ2v) is 6.89. The van der Waals surface area contributed by atoms with Crippen molar-refractivity contribution in [3.8, 4) is 5.75 Å². The number of benzene rings is 3. The van der Waals surface area contributed by atoms with Crippen molar-refractivity contribution in [2.75, 3.05) is 0 Å². The minimum Gasteiger partial charge on any atom is -0.489 e. The Hall–Kier alpha value is -3.90. The van der Waals surface area contributed by atoms with Crippen molar-refractivity contribution in [1.82, 2.24) is 9.99 Å². The van der Waals surface area contributed by atoms with Crippen LogP contribution in [0.4, 0.5) is 0 Å². The van der Waals surface area contributed by atoms with E-state index in [0.717, 1.165) is 5.56 Å². The monoisotopic (exact) mass is 399 g/mol. The van der Waals surface area contributed by atoms with Crippen molar-refractivity contribution in [2.45, 2.75) is 13.5 Å². The molecule has 1 amide bonds. The number of nitrogens with two attached hydrogens (primary N) is 1. The number of aromatic nitrogens is 1. The quantitative estimate of drug-likeness (QED) is 0.303. The van der Waals surface area contributed by atoms with Gasteiger partial charge in [-0.2, -0.15) is 0 Å². The van der Waals surface area contributed by atoms with E-state index in [1.54, 1.807) is 41.8 Å². The van der Waals surface area contributed by atoms with Crippen molar-refractivity contribution in [3.05, 3.63) is 101 Å². The van der Waals surface area contributed by atoms with E-state index in [0.29, 0.717) is 40.1 Å². The van der Waals surface area contributed by atoms with E-state index in [1.807, 2.05) is 48.5 Å². The van der Waals surface area contributed by atoms with Crippen LogP contribution in [0.2, 0.25) is 0 Å². The smallest absolute Gasteiger partial charge is 0.267 e. The number of carbonyl (C=O) groups is 2. The standard InChI is InChI=1S/C24H21N3O3/c1-16-22(23(28)26-25)20-9-5-6-10-21(20)27(16)24(29)18-11-13-19(14-12-18)30-15-17-7-3-2-4-8-17/h2-14H,15,25H2,1H3,(H,26,28). The molecule has 0 atom stereocenters. The summed E-state index contributed by atoms with van der Waals surface area (Å²) in [5, 5.41) is 0.675. The first-order valence-electron chi connectivity index (χ1n) is 9.52. The predicted molar refractivity (Wildman–Crippen MR) is 115 cm³/mol. The fourth-order valence-corrected chi connectivity index (χ4v) is 3.55. The normalized spacial score (nSPS) is 10.7. The van der Waals surface area contributed by atoms with Crippen LogP contribution in [-0.4, -0.2) is 16.4 Å². The third-order valence-electron chi connectivity index (χ3n) is 5.02. The molecule has 4 rings (SSSR count). The van der Waals surface area contributed by atoms with Gasteiger partial charge in [0, 0.05) is 16.6 Å². The van der Waals surface area contributed by atoms with Gasteiger partial charge >= 0.3 is 0 Å². The third-order valence-corrected chi connectivity index (χ3v) is 5.02. The molecule has 6 heteroatoms. The molecule has 0 radical (unpaired) electrons. The Bertz CT molecular complexity index is 1210. The number of para-hydroxylation sites is 1. The Morgan fingerprint density at radius 1 is 0.933 bits per heavy atom. The second kappa shape index (κ2) is 8.23. The maximum Gasteiger partial charge on any atom is 0.267 e. The van der Waals surface area contributed by atoms with Gasteiger partial charge in [0.05, 0.1) is 11.1 Å². The van der Waals surface area contributed by atoms with E-state index in [4.69, 9.17) is 10.6 Å². The molecule has 0 fully saturated rings. The van der Waals surface area contributed by atoms with Crippen LogP contribution >= 0.6 is 0 Å². The zero-order valence-corrected chi connectivity index (χ0v) is 16.5. The molecule has 0 saturated heterocycles. The van der Waals surface area contributed by atoms with Crippen LogP contribution in [0.1, 0.15) is 32.0 Å². The van der Waals surface area contributed by atoms with Crippen LogP contribution in [0.25, 0.3) is 10.9 Å². The lowest BCUT2D eigenvalue weighted by Crippen LogP contribution is -2.30. The maximum atomic E-state index is 13.3. The largest absolute Gasteiger partial charge is 0.489 e. The number of ether oxygens (including phenoxy) is 1. The lowest BCUT2D eigenvalue weighted by atomic mass is 10.1. The van der Waals surface area contributed by atoms with Gasteiger partial charge in [-0.3, -0.25) is 19.6 Å². The van der Waals surface area contributed by atoms with Crippen LogP contribution < -0.4 is 16.0 Å². The van der Waals surface area contributed by atoms with E-state index < -0.39 is 5.91 Å². The van der Waals surface area contributed by atoms with Gasteiger partial charge in [-0.05, 0) is 42.8 Å². The molecule has 0 aliphatic carbocycles. The molecule has 0 bridgehead atoms. The van der Waals surface area contributed by atoms with Gasteiger partial charge in [0.2, 0.25) is 0 Å². The van der Waals surface area contributed by atoms with Gasteiger partial charge in [-0.1, -0.05) is 48.5 Å². The fourth-order valence-electron chi connectivity index (χ4n) is 3.55. The van der Waals surface area contributed by atoms with Crippen molar-refractivity contribution in [1.29, 1.82) is 0 Å². The molecule has 150 valence electrons. The average molecular weight is 399 g/mol. The van der Waals surface area contributed by atoms with E-state index >= 15 is 0 Å². The molecule has 0 spiro atoms. The van der Waals surface area contributed by atoms with E-state index in [9.17, 15) is 9.59 Å². The Balaban J connectivity index is 1.63. The van der Waals surface area contributed by atoms with Crippen molar-refractivity contribution < 1.29 is 14.3 Å². The summed E-state index contributed by atoms with van der Waals surface area (Å²) in [5.41, 5.74) is 5.30. The summed E-state index contributed by atoms with van der Waals surface area (Å²) in [6.07, 6.45) is 0. The number of rotatable bonds is 5. The highest BCUT2D eigenvalue weighted by Crippen LogP contribution is 2.27. The molecule has 6 nitrogen and oxygen atoms in total. The molecule has 1 heterocycles. The predicted octanol–water partition coefficient (Wildman–Crippen LogP) is 3.82. The van der Waals surface area contributed by atoms with Crippen molar-refractivity contribution in [2.24, 2.45) is 5.84 Å². The first-order valence-corrected chi connectivity index (χ1v) is 9.52. The lowest BCUT2D eigenvalue weighted by Gasteiger charge is -2.09. The molecule has 0 aliphatic heterocycles. The summed E-state index contributed by atoms with van der Waals surface area (Å²) in [5.74, 6) is 5.36. The Morgan fingerprint density at radius 3 is 2.30 bits per heavy atom. The first-order chi connectivity index (χ1) is 14.6. The molecular formula is C24H21N3O3. The van der Waals surface area contributed by atoms with Gasteiger partial charge in [0.1, 0.15) is 12.4 Å². The summed E-state index contributed by atoms with van der Waals surface area (Å²) in [6, 6.07) is 24.1. The summed E-state index contributed by atoms with van der Waals surface area (Å²) in [6.45, 7) is 2.19. The molecule has 1 aromatic heterocycles. The Morgan fingerprint density at radius 2 is 1.60 bits per heavy atom. The third kappa shape index (κ3) is 3.56. The Labute approximate surface area is 173 Å². The SMILES string of the molecule is Cc1c(C(=O)NN)c2ccccc2n1C(=O)c1ccc(OCc2ccccc2)cc1. The average Bonchev–Trinajstić information content (AvgIpc) is 3.09. The fraction of sp³-hybridized carbons (Fsp3) is 0.0833. The van der Waals surface area contributed by atoms with E-state index in [-0.39, 0.29) is 5.91 Å². The number of hydrogen-bond acceptors (Lipinski definition) is 4. The number of nitrogens with zero attached hydrogens (tertiary/aromatic N) is 1. The van der Waals surface area contributed by atoms with Crippen LogP contribution in [0.5, 0.6) is 5.75 Å². The zero-order valence-electron chi connectivity index (χ0n) is 16.5. The molecule has 3 aromatic carbocycles. The van der Waals surface area contributed by atoms with Gasteiger partial charge < -0.3 is 4.74 Å². The van der Waals surface area contributed by atoms with E-state index in [2.05, 4.69) is 5.43 Å². The summed E-state index contributed by atoms with van der Waals surface area (Å²) in [4.78, 5) is 25.5. The number of nitrogens with one attached hydrogen (secondary N) is 1. The number of amides is 1. The van der Waals surface area contributed by atoms with Gasteiger partial charge in [0.15, 0.2) is 0 Å². The van der Waals surface area contributed by atoms with Crippen LogP contribution in [0.3, 0.4) is 0 Å². The molecule has 4 aromatic rings. The topological polar surface area (TPSA) is 86.4 Å². The van der Waals surface area contributed by atoms with Crippen molar-refractivity contribution in [3.63, 3.8) is 0 Å². The summed E-state index contributed by atoms with van der Waals surface area (Å²) in [7, 11) is 0. The number of hydrazine groups is 1. The number of fused-ring (bicyclic) bond motifs is 1. The Kier molecular flexibility index (Phi) is 5.32. The van der Waals surface area contributed by atoms with Crippen LogP contribution in [0, 0.1) is 6.92 Å². The minimum atomic E-state index is -0.431. The second-order valence-electron chi connectivity index (χ2n) is 6.89. The molecule has 30 heavy (non-hydrogen) atoms. The van der Waals surface area contributed by atoms with E-state index in [1.165, 1.54) is 0 Å². The highest BCUT2D eigenvalue weighted by atomic mass is 16.5. The molecular weight excluding hydrogens is 378 g/mol. The number of hydrogen-bond donors (Lipinski definition) is 2. The highest BCUT2D eigenvalue weighted by molar-refractivity contribution is 6.12. The van der Waals surface area contributed by atoms with Crippen LogP contribution in [0.15, 0.2) is 78.9 Å². The first kappa shape index (κ1) is 19.4. The highest BCUT2D eigenvalue weighted by Gasteiger charge is 2.23. The molecule has 0 unspecified atom stereocenters. The van der Waals surface area contributed by atoms with Gasteiger partial charge in [0.25, 0.3) is 11.8 Å². The zero-order chi connectivity index (χ0) is 21.1.